The Morgan fingerprint density at radius 2 is 2.08 bits per heavy atom. The first kappa shape index (κ1) is 16.4. The highest BCUT2D eigenvalue weighted by Gasteiger charge is 2.21. The van der Waals surface area contributed by atoms with E-state index in [1.807, 2.05) is 30.3 Å². The third-order valence-corrected chi connectivity index (χ3v) is 4.36. The normalized spacial score (nSPS) is 16.0. The van der Waals surface area contributed by atoms with Gasteiger partial charge in [0.25, 0.3) is 5.91 Å². The first-order chi connectivity index (χ1) is 11.6. The molecule has 1 aliphatic rings. The molecule has 2 aromatic carbocycles. The molecule has 0 spiro atoms. The standard InChI is InChI=1S/C20H23NO3/c1-21(2)20(22)17-6-4-5-14(10-17)9-15-11-16-7-8-18(23-3)12-19(16)24-13-15/h4-8,10,12,15H,9,11,13H2,1-3H3. The minimum atomic E-state index is 0.0363. The molecule has 0 N–H and O–H groups in total. The minimum absolute atomic E-state index is 0.0363. The number of hydrogen-bond acceptors (Lipinski definition) is 3. The topological polar surface area (TPSA) is 38.8 Å². The van der Waals surface area contributed by atoms with Crippen molar-refractivity contribution in [2.24, 2.45) is 5.92 Å². The van der Waals surface area contributed by atoms with Crippen LogP contribution >= 0.6 is 0 Å². The number of ether oxygens (including phenoxy) is 2. The summed E-state index contributed by atoms with van der Waals surface area (Å²) in [5.41, 5.74) is 3.13. The van der Waals surface area contributed by atoms with Gasteiger partial charge < -0.3 is 14.4 Å². The number of carbonyl (C=O) groups excluding carboxylic acids is 1. The van der Waals surface area contributed by atoms with Crippen LogP contribution in [0.15, 0.2) is 42.5 Å². The van der Waals surface area contributed by atoms with E-state index in [0.29, 0.717) is 12.5 Å². The molecular formula is C20H23NO3. The molecule has 0 aromatic heterocycles. The average molecular weight is 325 g/mol. The Kier molecular flexibility index (Phi) is 4.74. The number of benzene rings is 2. The molecule has 4 nitrogen and oxygen atoms in total. The Labute approximate surface area is 143 Å². The quantitative estimate of drug-likeness (QED) is 0.866. The molecule has 1 amide bonds. The molecule has 4 heteroatoms. The predicted molar refractivity (Wildman–Crippen MR) is 93.8 cm³/mol. The van der Waals surface area contributed by atoms with Crippen LogP contribution in [-0.4, -0.2) is 38.6 Å². The lowest BCUT2D eigenvalue weighted by Gasteiger charge is -2.26. The van der Waals surface area contributed by atoms with Crippen molar-refractivity contribution in [3.8, 4) is 11.5 Å². The van der Waals surface area contributed by atoms with Crippen molar-refractivity contribution in [1.29, 1.82) is 0 Å². The van der Waals surface area contributed by atoms with Crippen LogP contribution in [-0.2, 0) is 12.8 Å². The molecule has 3 rings (SSSR count). The van der Waals surface area contributed by atoms with Crippen molar-refractivity contribution in [2.75, 3.05) is 27.8 Å². The first-order valence-electron chi connectivity index (χ1n) is 8.17. The third-order valence-electron chi connectivity index (χ3n) is 4.36. The number of amides is 1. The summed E-state index contributed by atoms with van der Waals surface area (Å²) >= 11 is 0. The summed E-state index contributed by atoms with van der Waals surface area (Å²) in [7, 11) is 5.21. The second-order valence-electron chi connectivity index (χ2n) is 6.46. The summed E-state index contributed by atoms with van der Waals surface area (Å²) < 4.78 is 11.2. The first-order valence-corrected chi connectivity index (χ1v) is 8.17. The van der Waals surface area contributed by atoms with Gasteiger partial charge in [0.05, 0.1) is 13.7 Å². The van der Waals surface area contributed by atoms with E-state index < -0.39 is 0 Å². The van der Waals surface area contributed by atoms with Crippen LogP contribution in [0.1, 0.15) is 21.5 Å². The Bertz CT molecular complexity index is 739. The molecule has 1 unspecified atom stereocenters. The van der Waals surface area contributed by atoms with Crippen molar-refractivity contribution in [3.63, 3.8) is 0 Å². The second kappa shape index (κ2) is 6.95. The smallest absolute Gasteiger partial charge is 0.253 e. The zero-order valence-corrected chi connectivity index (χ0v) is 14.4. The molecule has 0 saturated carbocycles. The van der Waals surface area contributed by atoms with E-state index in [0.717, 1.165) is 29.9 Å². The van der Waals surface area contributed by atoms with Crippen molar-refractivity contribution < 1.29 is 14.3 Å². The van der Waals surface area contributed by atoms with Gasteiger partial charge in [-0.2, -0.15) is 0 Å². The number of methoxy groups -OCH3 is 1. The molecule has 0 radical (unpaired) electrons. The molecule has 1 aliphatic heterocycles. The van der Waals surface area contributed by atoms with Crippen LogP contribution in [0, 0.1) is 5.92 Å². The van der Waals surface area contributed by atoms with E-state index in [1.54, 1.807) is 26.1 Å². The Morgan fingerprint density at radius 1 is 1.25 bits per heavy atom. The zero-order chi connectivity index (χ0) is 17.1. The van der Waals surface area contributed by atoms with Crippen LogP contribution in [0.4, 0.5) is 0 Å². The lowest BCUT2D eigenvalue weighted by Crippen LogP contribution is -2.24. The summed E-state index contributed by atoms with van der Waals surface area (Å²) in [5, 5.41) is 0. The Balaban J connectivity index is 1.71. The number of carbonyl (C=O) groups is 1. The van der Waals surface area contributed by atoms with Gasteiger partial charge in [-0.3, -0.25) is 4.79 Å². The number of fused-ring (bicyclic) bond motifs is 1. The Hall–Kier alpha value is -2.49. The molecule has 0 saturated heterocycles. The van der Waals surface area contributed by atoms with Crippen molar-refractivity contribution in [2.45, 2.75) is 12.8 Å². The van der Waals surface area contributed by atoms with Gasteiger partial charge in [0.1, 0.15) is 11.5 Å². The van der Waals surface area contributed by atoms with Gasteiger partial charge in [0.15, 0.2) is 0 Å². The second-order valence-corrected chi connectivity index (χ2v) is 6.46. The van der Waals surface area contributed by atoms with E-state index >= 15 is 0 Å². The molecule has 126 valence electrons. The lowest BCUT2D eigenvalue weighted by molar-refractivity contribution is 0.0827. The minimum Gasteiger partial charge on any atom is -0.497 e. The highest BCUT2D eigenvalue weighted by Crippen LogP contribution is 2.32. The highest BCUT2D eigenvalue weighted by atomic mass is 16.5. The van der Waals surface area contributed by atoms with Crippen LogP contribution in [0.5, 0.6) is 11.5 Å². The average Bonchev–Trinajstić information content (AvgIpc) is 2.60. The number of rotatable bonds is 4. The fourth-order valence-corrected chi connectivity index (χ4v) is 3.10. The van der Waals surface area contributed by atoms with Gasteiger partial charge in [-0.25, -0.2) is 0 Å². The van der Waals surface area contributed by atoms with Crippen LogP contribution < -0.4 is 9.47 Å². The van der Waals surface area contributed by atoms with Gasteiger partial charge in [-0.05, 0) is 42.2 Å². The summed E-state index contributed by atoms with van der Waals surface area (Å²) in [4.78, 5) is 13.7. The SMILES string of the molecule is COc1ccc2c(c1)OCC(Cc1cccc(C(=O)N(C)C)c1)C2. The van der Waals surface area contributed by atoms with Crippen LogP contribution in [0.25, 0.3) is 0 Å². The largest absolute Gasteiger partial charge is 0.497 e. The predicted octanol–water partition coefficient (Wildman–Crippen LogP) is 3.19. The van der Waals surface area contributed by atoms with Gasteiger partial charge in [-0.15, -0.1) is 0 Å². The van der Waals surface area contributed by atoms with Crippen molar-refractivity contribution in [3.05, 3.63) is 59.2 Å². The van der Waals surface area contributed by atoms with E-state index in [4.69, 9.17) is 9.47 Å². The van der Waals surface area contributed by atoms with E-state index in [1.165, 1.54) is 11.1 Å². The van der Waals surface area contributed by atoms with Crippen LogP contribution in [0.2, 0.25) is 0 Å². The summed E-state index contributed by atoms with van der Waals surface area (Å²) in [5.74, 6) is 2.19. The van der Waals surface area contributed by atoms with Crippen molar-refractivity contribution in [1.82, 2.24) is 4.90 Å². The maximum absolute atomic E-state index is 12.1. The number of hydrogen-bond donors (Lipinski definition) is 0. The van der Waals surface area contributed by atoms with Crippen LogP contribution in [0.3, 0.4) is 0 Å². The highest BCUT2D eigenvalue weighted by molar-refractivity contribution is 5.94. The summed E-state index contributed by atoms with van der Waals surface area (Å²) in [6.45, 7) is 0.687. The fraction of sp³-hybridized carbons (Fsp3) is 0.350. The molecule has 0 aliphatic carbocycles. The van der Waals surface area contributed by atoms with Gasteiger partial charge >= 0.3 is 0 Å². The van der Waals surface area contributed by atoms with E-state index in [9.17, 15) is 4.79 Å². The fourth-order valence-electron chi connectivity index (χ4n) is 3.10. The summed E-state index contributed by atoms with van der Waals surface area (Å²) in [6.07, 6.45) is 1.88. The zero-order valence-electron chi connectivity index (χ0n) is 14.4. The molecule has 1 heterocycles. The van der Waals surface area contributed by atoms with E-state index in [2.05, 4.69) is 12.1 Å². The van der Waals surface area contributed by atoms with E-state index in [-0.39, 0.29) is 5.91 Å². The van der Waals surface area contributed by atoms with Gasteiger partial charge in [0.2, 0.25) is 0 Å². The number of nitrogens with zero attached hydrogens (tertiary/aromatic N) is 1. The van der Waals surface area contributed by atoms with Gasteiger partial charge in [-0.1, -0.05) is 18.2 Å². The summed E-state index contributed by atoms with van der Waals surface area (Å²) in [6, 6.07) is 13.9. The lowest BCUT2D eigenvalue weighted by atomic mass is 9.90. The molecule has 2 aromatic rings. The maximum atomic E-state index is 12.1. The Morgan fingerprint density at radius 3 is 2.83 bits per heavy atom. The third kappa shape index (κ3) is 3.53. The molecule has 1 atom stereocenters. The molecule has 24 heavy (non-hydrogen) atoms. The molecular weight excluding hydrogens is 302 g/mol. The van der Waals surface area contributed by atoms with Crippen molar-refractivity contribution >= 4 is 5.91 Å². The monoisotopic (exact) mass is 325 g/mol. The van der Waals surface area contributed by atoms with Gasteiger partial charge in [0, 0.05) is 31.6 Å². The maximum Gasteiger partial charge on any atom is 0.253 e. The molecule has 0 fully saturated rings. The molecule has 0 bridgehead atoms.